The Balaban J connectivity index is 1.91. The molecule has 1 fully saturated rings. The number of nitrogens with one attached hydrogen (secondary N) is 1. The maximum atomic E-state index is 14.3. The first-order chi connectivity index (χ1) is 19.2. The summed E-state index contributed by atoms with van der Waals surface area (Å²) in [6.07, 6.45) is 4.92. The molecule has 3 aromatic rings. The minimum atomic E-state index is -1.10. The van der Waals surface area contributed by atoms with Crippen LogP contribution in [0.3, 0.4) is 0 Å². The molecule has 3 amide bonds. The Bertz CT molecular complexity index is 1420. The summed E-state index contributed by atoms with van der Waals surface area (Å²) < 4.78 is 15.0. The van der Waals surface area contributed by atoms with E-state index in [2.05, 4.69) is 9.69 Å². The quantitative estimate of drug-likeness (QED) is 0.350. The van der Waals surface area contributed by atoms with Crippen molar-refractivity contribution >= 4 is 40.6 Å². The predicted molar refractivity (Wildman–Crippen MR) is 155 cm³/mol. The maximum Gasteiger partial charge on any atom is 0.273 e. The molecule has 0 saturated heterocycles. The number of nitrogens with two attached hydrogens (primary N) is 2. The number of nitrogens with zero attached hydrogens (tertiary/aromatic N) is 2. The van der Waals surface area contributed by atoms with Gasteiger partial charge in [0.25, 0.3) is 11.8 Å². The smallest absolute Gasteiger partial charge is 0.273 e. The molecule has 1 heterocycles. The average molecular weight is 566 g/mol. The molecule has 212 valence electrons. The maximum absolute atomic E-state index is 14.3. The van der Waals surface area contributed by atoms with Gasteiger partial charge in [-0.2, -0.15) is 4.37 Å². The molecule has 0 aliphatic heterocycles. The van der Waals surface area contributed by atoms with Gasteiger partial charge >= 0.3 is 0 Å². The third-order valence-electron chi connectivity index (χ3n) is 7.32. The van der Waals surface area contributed by atoms with E-state index in [1.54, 1.807) is 24.3 Å². The zero-order valence-electron chi connectivity index (χ0n) is 23.2. The Morgan fingerprint density at radius 1 is 1.00 bits per heavy atom. The monoisotopic (exact) mass is 565 g/mol. The van der Waals surface area contributed by atoms with Crippen LogP contribution in [-0.2, 0) is 4.79 Å². The summed E-state index contributed by atoms with van der Waals surface area (Å²) in [5, 5.41) is 3.18. The van der Waals surface area contributed by atoms with Crippen molar-refractivity contribution in [2.75, 3.05) is 24.9 Å². The van der Waals surface area contributed by atoms with Gasteiger partial charge in [0.1, 0.15) is 10.9 Å². The van der Waals surface area contributed by atoms with Crippen LogP contribution in [0, 0.1) is 13.8 Å². The van der Waals surface area contributed by atoms with E-state index < -0.39 is 17.9 Å². The fourth-order valence-corrected chi connectivity index (χ4v) is 5.71. The topological polar surface area (TPSA) is 150 Å². The molecule has 1 aliphatic rings. The Hall–Kier alpha value is -4.12. The molecule has 5 N–H and O–H groups in total. The van der Waals surface area contributed by atoms with Crippen molar-refractivity contribution in [2.24, 2.45) is 5.73 Å². The van der Waals surface area contributed by atoms with Crippen LogP contribution in [0.1, 0.15) is 75.0 Å². The van der Waals surface area contributed by atoms with Crippen LogP contribution in [0.15, 0.2) is 36.4 Å². The average Bonchev–Trinajstić information content (AvgIpc) is 3.34. The molecule has 0 unspecified atom stereocenters. The number of hydrogen-bond acceptors (Lipinski definition) is 8. The Labute approximate surface area is 237 Å². The minimum Gasteiger partial charge on any atom is -0.493 e. The third kappa shape index (κ3) is 5.89. The van der Waals surface area contributed by atoms with Gasteiger partial charge in [-0.1, -0.05) is 31.4 Å². The molecule has 10 nitrogen and oxygen atoms in total. The largest absolute Gasteiger partial charge is 0.493 e. The van der Waals surface area contributed by atoms with E-state index in [0.717, 1.165) is 54.8 Å². The van der Waals surface area contributed by atoms with Crippen LogP contribution in [-0.4, -0.2) is 42.4 Å². The van der Waals surface area contributed by atoms with Gasteiger partial charge in [-0.25, -0.2) is 0 Å². The van der Waals surface area contributed by atoms with Crippen molar-refractivity contribution in [3.8, 4) is 11.5 Å². The predicted octanol–water partition coefficient (Wildman–Crippen LogP) is 4.30. The van der Waals surface area contributed by atoms with Gasteiger partial charge in [0, 0.05) is 11.7 Å². The number of carbonyl (C=O) groups excluding carboxylic acids is 3. The molecule has 1 atom stereocenters. The second kappa shape index (κ2) is 12.4. The highest BCUT2D eigenvalue weighted by molar-refractivity contribution is 7.09. The summed E-state index contributed by atoms with van der Waals surface area (Å²) in [7, 11) is 3.03. The summed E-state index contributed by atoms with van der Waals surface area (Å²) >= 11 is 0.773. The fraction of sp³-hybridized carbons (Fsp3) is 0.379. The molecule has 1 aliphatic carbocycles. The number of anilines is 2. The van der Waals surface area contributed by atoms with Gasteiger partial charge < -0.3 is 26.3 Å². The molecule has 1 saturated carbocycles. The highest BCUT2D eigenvalue weighted by Gasteiger charge is 2.37. The van der Waals surface area contributed by atoms with E-state index in [4.69, 9.17) is 20.9 Å². The fourth-order valence-electron chi connectivity index (χ4n) is 4.97. The first-order valence-electron chi connectivity index (χ1n) is 13.1. The number of rotatable bonds is 9. The van der Waals surface area contributed by atoms with E-state index in [0.29, 0.717) is 22.7 Å². The molecule has 2 aromatic carbocycles. The third-order valence-corrected chi connectivity index (χ3v) is 8.18. The highest BCUT2D eigenvalue weighted by Crippen LogP contribution is 2.37. The molecule has 0 spiro atoms. The van der Waals surface area contributed by atoms with E-state index in [9.17, 15) is 14.4 Å². The van der Waals surface area contributed by atoms with Crippen molar-refractivity contribution in [1.82, 2.24) is 9.69 Å². The summed E-state index contributed by atoms with van der Waals surface area (Å²) in [6.45, 7) is 3.90. The molecular weight excluding hydrogens is 530 g/mol. The number of aromatic nitrogens is 1. The molecule has 4 rings (SSSR count). The van der Waals surface area contributed by atoms with Crippen LogP contribution in [0.4, 0.5) is 11.4 Å². The summed E-state index contributed by atoms with van der Waals surface area (Å²) in [4.78, 5) is 41.8. The number of aryl methyl sites for hydroxylation is 2. The van der Waals surface area contributed by atoms with Crippen LogP contribution >= 0.6 is 11.5 Å². The van der Waals surface area contributed by atoms with Crippen molar-refractivity contribution in [3.63, 3.8) is 0 Å². The van der Waals surface area contributed by atoms with Crippen molar-refractivity contribution in [3.05, 3.63) is 63.7 Å². The van der Waals surface area contributed by atoms with E-state index in [1.807, 2.05) is 26.0 Å². The van der Waals surface area contributed by atoms with Crippen LogP contribution in [0.2, 0.25) is 0 Å². The number of primary amides is 1. The Morgan fingerprint density at radius 3 is 2.30 bits per heavy atom. The number of carbonyl (C=O) groups is 3. The van der Waals surface area contributed by atoms with Crippen LogP contribution in [0.25, 0.3) is 0 Å². The van der Waals surface area contributed by atoms with Crippen molar-refractivity contribution in [1.29, 1.82) is 0 Å². The zero-order chi connectivity index (χ0) is 29.0. The number of hydrogen-bond donors (Lipinski definition) is 3. The van der Waals surface area contributed by atoms with E-state index in [1.165, 1.54) is 19.1 Å². The van der Waals surface area contributed by atoms with E-state index >= 15 is 0 Å². The Kier molecular flexibility index (Phi) is 8.93. The lowest BCUT2D eigenvalue weighted by Crippen LogP contribution is -2.47. The molecule has 1 aromatic heterocycles. The van der Waals surface area contributed by atoms with Gasteiger partial charge in [0.05, 0.1) is 19.9 Å². The highest BCUT2D eigenvalue weighted by atomic mass is 32.1. The Morgan fingerprint density at radius 2 is 1.70 bits per heavy atom. The standard InChI is InChI=1S/C29H35N5O5S/c1-16-10-12-20(14-17(16)2)34(29(37)26-23(30)24(27(31)35)33-40-26)25(28(36)32-19-8-6-5-7-9-19)18-11-13-21(38-3)22(15-18)39-4/h10-15,19,25H,5-9,30H2,1-4H3,(H2,31,35)(H,32,36)/t25-/m0/s1. The molecule has 40 heavy (non-hydrogen) atoms. The molecule has 0 bridgehead atoms. The molecule has 0 radical (unpaired) electrons. The SMILES string of the molecule is COc1ccc([C@@H](C(=O)NC2CCCCC2)N(C(=O)c2snc(C(N)=O)c2N)c2ccc(C)c(C)c2)cc1OC. The van der Waals surface area contributed by atoms with Crippen molar-refractivity contribution < 1.29 is 23.9 Å². The summed E-state index contributed by atoms with van der Waals surface area (Å²) in [5.41, 5.74) is 14.3. The lowest BCUT2D eigenvalue weighted by atomic mass is 9.94. The second-order valence-corrected chi connectivity index (χ2v) is 10.7. The van der Waals surface area contributed by atoms with Gasteiger partial charge in [-0.15, -0.1) is 0 Å². The molecule has 11 heteroatoms. The summed E-state index contributed by atoms with van der Waals surface area (Å²) in [6, 6.07) is 9.54. The minimum absolute atomic E-state index is 0.00413. The number of methoxy groups -OCH3 is 2. The lowest BCUT2D eigenvalue weighted by Gasteiger charge is -2.33. The number of ether oxygens (including phenoxy) is 2. The normalized spacial score (nSPS) is 14.3. The number of benzene rings is 2. The second-order valence-electron chi connectivity index (χ2n) is 9.94. The van der Waals surface area contributed by atoms with Gasteiger partial charge in [0.2, 0.25) is 5.91 Å². The van der Waals surface area contributed by atoms with E-state index in [-0.39, 0.29) is 28.2 Å². The van der Waals surface area contributed by atoms with Crippen molar-refractivity contribution in [2.45, 2.75) is 58.0 Å². The van der Waals surface area contributed by atoms with Crippen LogP contribution in [0.5, 0.6) is 11.5 Å². The van der Waals surface area contributed by atoms with Gasteiger partial charge in [0.15, 0.2) is 17.2 Å². The molecular formula is C29H35N5O5S. The lowest BCUT2D eigenvalue weighted by molar-refractivity contribution is -0.123. The first kappa shape index (κ1) is 28.9. The van der Waals surface area contributed by atoms with Gasteiger partial charge in [-0.3, -0.25) is 19.3 Å². The summed E-state index contributed by atoms with van der Waals surface area (Å²) in [5.74, 6) is -0.860. The zero-order valence-corrected chi connectivity index (χ0v) is 24.0. The number of nitrogen functional groups attached to an aromatic ring is 1. The van der Waals surface area contributed by atoms with Crippen LogP contribution < -0.4 is 31.2 Å². The first-order valence-corrected chi connectivity index (χ1v) is 13.9. The number of amides is 3. The van der Waals surface area contributed by atoms with Gasteiger partial charge in [-0.05, 0) is 79.2 Å².